The number of likely N-dealkylation sites (tertiary alicyclic amines) is 1. The second kappa shape index (κ2) is 5.65. The molecule has 2 atom stereocenters. The van der Waals surface area contributed by atoms with E-state index < -0.39 is 0 Å². The van der Waals surface area contributed by atoms with E-state index in [4.69, 9.17) is 4.74 Å². The van der Waals surface area contributed by atoms with Crippen molar-refractivity contribution < 1.29 is 19.1 Å². The van der Waals surface area contributed by atoms with Crippen LogP contribution in [0.1, 0.15) is 35.7 Å². The van der Waals surface area contributed by atoms with Gasteiger partial charge in [0.05, 0.1) is 24.5 Å². The third-order valence-corrected chi connectivity index (χ3v) is 4.90. The van der Waals surface area contributed by atoms with Crippen LogP contribution in [0, 0.1) is 11.8 Å². The number of ether oxygens (including phenoxy) is 1. The van der Waals surface area contributed by atoms with Crippen molar-refractivity contribution in [2.24, 2.45) is 11.8 Å². The Kier molecular flexibility index (Phi) is 3.80. The van der Waals surface area contributed by atoms with Crippen LogP contribution >= 0.6 is 0 Å². The second-order valence-electron chi connectivity index (χ2n) is 6.18. The largest absolute Gasteiger partial charge is 0.465 e. The van der Waals surface area contributed by atoms with Crippen molar-refractivity contribution in [1.82, 2.24) is 4.90 Å². The van der Waals surface area contributed by atoms with Gasteiger partial charge in [-0.2, -0.15) is 0 Å². The number of benzene rings is 1. The molecule has 1 aliphatic carbocycles. The number of hydrogen-bond acceptors (Lipinski definition) is 4. The zero-order valence-electron chi connectivity index (χ0n) is 13.5. The Balaban J connectivity index is 1.90. The minimum atomic E-state index is -0.371. The van der Waals surface area contributed by atoms with Crippen molar-refractivity contribution in [3.8, 4) is 0 Å². The number of fused-ring (bicyclic) bond motifs is 1. The van der Waals surface area contributed by atoms with E-state index in [9.17, 15) is 14.4 Å². The van der Waals surface area contributed by atoms with Gasteiger partial charge in [-0.15, -0.1) is 0 Å². The Labute approximate surface area is 134 Å². The molecule has 1 saturated heterocycles. The molecule has 1 aromatic rings. The lowest BCUT2D eigenvalue weighted by atomic mass is 9.75. The van der Waals surface area contributed by atoms with E-state index in [-0.39, 0.29) is 29.6 Å². The minimum Gasteiger partial charge on any atom is -0.465 e. The molecule has 0 N–H and O–H groups in total. The smallest absolute Gasteiger partial charge is 0.337 e. The standard InChI is InChI=1S/C18H19NO4/c1-10-8-14-15(17(21)19(2)16(14)20)9-13(10)11-4-6-12(7-5-11)18(22)23-3/h4-7,14-15H,8-9H2,1-3H3/t14-,15+/m0/s1. The number of nitrogens with zero attached hydrogens (tertiary/aromatic N) is 1. The van der Waals surface area contributed by atoms with Crippen LogP contribution in [0.15, 0.2) is 29.8 Å². The summed E-state index contributed by atoms with van der Waals surface area (Å²) in [5.41, 5.74) is 3.71. The number of methoxy groups -OCH3 is 1. The molecule has 0 spiro atoms. The monoisotopic (exact) mass is 313 g/mol. The molecule has 23 heavy (non-hydrogen) atoms. The molecule has 120 valence electrons. The summed E-state index contributed by atoms with van der Waals surface area (Å²) >= 11 is 0. The second-order valence-corrected chi connectivity index (χ2v) is 6.18. The molecular weight excluding hydrogens is 294 g/mol. The Hall–Kier alpha value is -2.43. The van der Waals surface area contributed by atoms with Crippen LogP contribution in [-0.4, -0.2) is 36.8 Å². The fourth-order valence-electron chi connectivity index (χ4n) is 3.55. The third kappa shape index (κ3) is 2.46. The molecule has 0 unspecified atom stereocenters. The van der Waals surface area contributed by atoms with Gasteiger partial charge in [0.15, 0.2) is 0 Å². The van der Waals surface area contributed by atoms with Crippen LogP contribution in [0.4, 0.5) is 0 Å². The number of imide groups is 1. The van der Waals surface area contributed by atoms with E-state index in [1.165, 1.54) is 12.0 Å². The van der Waals surface area contributed by atoms with E-state index >= 15 is 0 Å². The highest BCUT2D eigenvalue weighted by molar-refractivity contribution is 6.06. The average molecular weight is 313 g/mol. The predicted octanol–water partition coefficient (Wildman–Crippen LogP) is 2.27. The first-order chi connectivity index (χ1) is 10.9. The van der Waals surface area contributed by atoms with E-state index in [0.717, 1.165) is 16.7 Å². The zero-order chi connectivity index (χ0) is 16.7. The van der Waals surface area contributed by atoms with Gasteiger partial charge in [0.1, 0.15) is 0 Å². The van der Waals surface area contributed by atoms with Crippen molar-refractivity contribution in [2.45, 2.75) is 19.8 Å². The Morgan fingerprint density at radius 3 is 2.22 bits per heavy atom. The molecular formula is C18H19NO4. The summed E-state index contributed by atoms with van der Waals surface area (Å²) in [4.78, 5) is 37.1. The van der Waals surface area contributed by atoms with E-state index in [1.54, 1.807) is 19.2 Å². The molecule has 0 bridgehead atoms. The average Bonchev–Trinajstić information content (AvgIpc) is 2.78. The molecule has 5 heteroatoms. The van der Waals surface area contributed by atoms with Crippen LogP contribution in [0.25, 0.3) is 5.57 Å². The highest BCUT2D eigenvalue weighted by atomic mass is 16.5. The van der Waals surface area contributed by atoms with Crippen LogP contribution in [-0.2, 0) is 14.3 Å². The molecule has 1 heterocycles. The highest BCUT2D eigenvalue weighted by Crippen LogP contribution is 2.43. The van der Waals surface area contributed by atoms with E-state index in [1.807, 2.05) is 19.1 Å². The van der Waals surface area contributed by atoms with Gasteiger partial charge in [-0.25, -0.2) is 4.79 Å². The number of amides is 2. The number of hydrogen-bond donors (Lipinski definition) is 0. The normalized spacial score (nSPS) is 24.0. The Bertz CT molecular complexity index is 717. The van der Waals surface area contributed by atoms with E-state index in [2.05, 4.69) is 0 Å². The number of carbonyl (C=O) groups excluding carboxylic acids is 3. The molecule has 0 aromatic heterocycles. The predicted molar refractivity (Wildman–Crippen MR) is 84.4 cm³/mol. The van der Waals surface area contributed by atoms with Crippen molar-refractivity contribution in [3.05, 3.63) is 41.0 Å². The maximum Gasteiger partial charge on any atom is 0.337 e. The number of esters is 1. The highest BCUT2D eigenvalue weighted by Gasteiger charge is 2.47. The molecule has 0 saturated carbocycles. The van der Waals surface area contributed by atoms with Crippen LogP contribution < -0.4 is 0 Å². The summed E-state index contributed by atoms with van der Waals surface area (Å²) in [6.45, 7) is 2.01. The summed E-state index contributed by atoms with van der Waals surface area (Å²) in [6.07, 6.45) is 1.19. The summed E-state index contributed by atoms with van der Waals surface area (Å²) in [7, 11) is 2.91. The Morgan fingerprint density at radius 2 is 1.65 bits per heavy atom. The lowest BCUT2D eigenvalue weighted by Crippen LogP contribution is -2.26. The summed E-state index contributed by atoms with van der Waals surface area (Å²) < 4.78 is 4.70. The zero-order valence-corrected chi connectivity index (χ0v) is 13.5. The molecule has 2 aliphatic rings. The first kappa shape index (κ1) is 15.5. The summed E-state index contributed by atoms with van der Waals surface area (Å²) in [5, 5.41) is 0. The maximum atomic E-state index is 12.2. The third-order valence-electron chi connectivity index (χ3n) is 4.90. The molecule has 1 fully saturated rings. The SMILES string of the molecule is COC(=O)c1ccc(C2=C(C)C[C@@H]3C(=O)N(C)C(=O)[C@@H]3C2)cc1. The quantitative estimate of drug-likeness (QED) is 0.620. The van der Waals surface area contributed by atoms with Crippen LogP contribution in [0.3, 0.4) is 0 Å². The van der Waals surface area contributed by atoms with Crippen molar-refractivity contribution in [2.75, 3.05) is 14.2 Å². The molecule has 2 amide bonds. The first-order valence-corrected chi connectivity index (χ1v) is 7.62. The molecule has 3 rings (SSSR count). The van der Waals surface area contributed by atoms with Gasteiger partial charge in [-0.05, 0) is 43.0 Å². The fraction of sp³-hybridized carbons (Fsp3) is 0.389. The van der Waals surface area contributed by atoms with Crippen molar-refractivity contribution in [1.29, 1.82) is 0 Å². The first-order valence-electron chi connectivity index (χ1n) is 7.62. The molecule has 5 nitrogen and oxygen atoms in total. The molecule has 1 aromatic carbocycles. The van der Waals surface area contributed by atoms with Crippen molar-refractivity contribution >= 4 is 23.4 Å². The molecule has 1 aliphatic heterocycles. The van der Waals surface area contributed by atoms with Crippen LogP contribution in [0.5, 0.6) is 0 Å². The molecule has 0 radical (unpaired) electrons. The van der Waals surface area contributed by atoms with Gasteiger partial charge < -0.3 is 4.74 Å². The number of allylic oxidation sites excluding steroid dienone is 2. The maximum absolute atomic E-state index is 12.2. The van der Waals surface area contributed by atoms with Gasteiger partial charge in [-0.3, -0.25) is 14.5 Å². The fourth-order valence-corrected chi connectivity index (χ4v) is 3.55. The van der Waals surface area contributed by atoms with Gasteiger partial charge in [0, 0.05) is 7.05 Å². The number of carbonyl (C=O) groups is 3. The summed E-state index contributed by atoms with van der Waals surface area (Å²) in [6, 6.07) is 7.19. The van der Waals surface area contributed by atoms with Crippen LogP contribution in [0.2, 0.25) is 0 Å². The van der Waals surface area contributed by atoms with Gasteiger partial charge in [0.2, 0.25) is 11.8 Å². The van der Waals surface area contributed by atoms with Gasteiger partial charge in [0.25, 0.3) is 0 Å². The lowest BCUT2D eigenvalue weighted by molar-refractivity contribution is -0.138. The van der Waals surface area contributed by atoms with E-state index in [0.29, 0.717) is 18.4 Å². The minimum absolute atomic E-state index is 0.0700. The topological polar surface area (TPSA) is 63.7 Å². The van der Waals surface area contributed by atoms with Gasteiger partial charge >= 0.3 is 5.97 Å². The van der Waals surface area contributed by atoms with Crippen molar-refractivity contribution in [3.63, 3.8) is 0 Å². The van der Waals surface area contributed by atoms with Gasteiger partial charge in [-0.1, -0.05) is 17.7 Å². The lowest BCUT2D eigenvalue weighted by Gasteiger charge is -2.26. The number of rotatable bonds is 2. The Morgan fingerprint density at radius 1 is 1.09 bits per heavy atom. The summed E-state index contributed by atoms with van der Waals surface area (Å²) in [5.74, 6) is -1.00.